The fraction of sp³-hybridized carbons (Fsp3) is 0.542. The molecule has 4 rings (SSSR count). The number of methoxy groups -OCH3 is 1. The van der Waals surface area contributed by atoms with Crippen LogP contribution in [-0.4, -0.2) is 46.7 Å². The van der Waals surface area contributed by atoms with Crippen molar-refractivity contribution in [1.29, 1.82) is 0 Å². The van der Waals surface area contributed by atoms with Gasteiger partial charge in [0.15, 0.2) is 0 Å². The summed E-state index contributed by atoms with van der Waals surface area (Å²) in [6.07, 6.45) is 8.97. The Morgan fingerprint density at radius 2 is 1.77 bits per heavy atom. The van der Waals surface area contributed by atoms with Crippen molar-refractivity contribution in [2.24, 2.45) is 18.9 Å². The first-order valence-electron chi connectivity index (χ1n) is 11.3. The second kappa shape index (κ2) is 9.54. The van der Waals surface area contributed by atoms with Crippen LogP contribution in [0.5, 0.6) is 5.75 Å². The summed E-state index contributed by atoms with van der Waals surface area (Å²) in [5, 5.41) is 7.52. The number of aromatic nitrogens is 2. The van der Waals surface area contributed by atoms with Gasteiger partial charge >= 0.3 is 0 Å². The summed E-state index contributed by atoms with van der Waals surface area (Å²) in [6.45, 7) is 1.64. The van der Waals surface area contributed by atoms with Gasteiger partial charge in [0.2, 0.25) is 5.91 Å². The smallest absolute Gasteiger partial charge is 0.259 e. The second-order valence-corrected chi connectivity index (χ2v) is 8.80. The van der Waals surface area contributed by atoms with Gasteiger partial charge in [-0.25, -0.2) is 0 Å². The van der Waals surface area contributed by atoms with E-state index >= 15 is 0 Å². The van der Waals surface area contributed by atoms with Crippen molar-refractivity contribution in [2.45, 2.75) is 44.9 Å². The SMILES string of the molecule is COc1ccc(NC(=O)c2cn(C)nc2CC2CCN(C(=O)C3CCCC3)CC2)cc1. The van der Waals surface area contributed by atoms with Gasteiger partial charge < -0.3 is 15.0 Å². The minimum Gasteiger partial charge on any atom is -0.497 e. The minimum absolute atomic E-state index is 0.151. The Labute approximate surface area is 183 Å². The highest BCUT2D eigenvalue weighted by molar-refractivity contribution is 6.05. The number of carbonyl (C=O) groups excluding carboxylic acids is 2. The molecule has 31 heavy (non-hydrogen) atoms. The van der Waals surface area contributed by atoms with Gasteiger partial charge in [-0.15, -0.1) is 0 Å². The van der Waals surface area contributed by atoms with Crippen LogP contribution in [0.4, 0.5) is 5.69 Å². The van der Waals surface area contributed by atoms with Crippen molar-refractivity contribution in [1.82, 2.24) is 14.7 Å². The molecule has 2 aromatic rings. The molecule has 0 bridgehead atoms. The molecule has 2 fully saturated rings. The standard InChI is InChI=1S/C24H32N4O3/c1-27-16-21(23(29)25-19-7-9-20(31-2)10-8-19)22(26-27)15-17-11-13-28(14-12-17)24(30)18-5-3-4-6-18/h7-10,16-18H,3-6,11-15H2,1-2H3,(H,25,29). The molecule has 1 aliphatic carbocycles. The van der Waals surface area contributed by atoms with Crippen LogP contribution in [0.15, 0.2) is 30.5 Å². The van der Waals surface area contributed by atoms with E-state index in [2.05, 4.69) is 15.3 Å². The van der Waals surface area contributed by atoms with E-state index in [-0.39, 0.29) is 11.8 Å². The van der Waals surface area contributed by atoms with Crippen LogP contribution >= 0.6 is 0 Å². The van der Waals surface area contributed by atoms with Gasteiger partial charge in [-0.2, -0.15) is 5.10 Å². The molecule has 0 spiro atoms. The lowest BCUT2D eigenvalue weighted by atomic mass is 9.90. The average molecular weight is 425 g/mol. The lowest BCUT2D eigenvalue weighted by Crippen LogP contribution is -2.41. The first-order valence-corrected chi connectivity index (χ1v) is 11.3. The number of hydrogen-bond acceptors (Lipinski definition) is 4. The third kappa shape index (κ3) is 5.09. The number of likely N-dealkylation sites (tertiary alicyclic amines) is 1. The maximum absolute atomic E-state index is 12.9. The van der Waals surface area contributed by atoms with Crippen LogP contribution in [0.25, 0.3) is 0 Å². The van der Waals surface area contributed by atoms with Gasteiger partial charge in [0.1, 0.15) is 5.75 Å². The van der Waals surface area contributed by atoms with Crippen LogP contribution in [0, 0.1) is 11.8 Å². The van der Waals surface area contributed by atoms with Crippen LogP contribution in [0.3, 0.4) is 0 Å². The number of anilines is 1. The van der Waals surface area contributed by atoms with Crippen LogP contribution < -0.4 is 10.1 Å². The average Bonchev–Trinajstić information content (AvgIpc) is 3.44. The van der Waals surface area contributed by atoms with E-state index in [0.717, 1.165) is 62.3 Å². The number of ether oxygens (including phenoxy) is 1. The minimum atomic E-state index is -0.151. The molecular formula is C24H32N4O3. The monoisotopic (exact) mass is 424 g/mol. The Morgan fingerprint density at radius 1 is 1.10 bits per heavy atom. The molecule has 1 aliphatic heterocycles. The number of hydrogen-bond donors (Lipinski definition) is 1. The lowest BCUT2D eigenvalue weighted by molar-refractivity contribution is -0.136. The predicted octanol–water partition coefficient (Wildman–Crippen LogP) is 3.65. The lowest BCUT2D eigenvalue weighted by Gasteiger charge is -2.33. The van der Waals surface area contributed by atoms with E-state index in [1.807, 2.05) is 31.3 Å². The maximum atomic E-state index is 12.9. The van der Waals surface area contributed by atoms with E-state index in [4.69, 9.17) is 4.74 Å². The third-order valence-electron chi connectivity index (χ3n) is 6.61. The molecular weight excluding hydrogens is 392 g/mol. The quantitative estimate of drug-likeness (QED) is 0.768. The van der Waals surface area contributed by atoms with Gasteiger partial charge in [-0.1, -0.05) is 12.8 Å². The van der Waals surface area contributed by atoms with Crippen molar-refractivity contribution >= 4 is 17.5 Å². The molecule has 7 heteroatoms. The summed E-state index contributed by atoms with van der Waals surface area (Å²) in [5.41, 5.74) is 2.16. The molecule has 2 aliphatic rings. The molecule has 1 saturated carbocycles. The van der Waals surface area contributed by atoms with E-state index < -0.39 is 0 Å². The van der Waals surface area contributed by atoms with Crippen molar-refractivity contribution in [3.05, 3.63) is 41.7 Å². The number of aryl methyl sites for hydroxylation is 1. The fourth-order valence-corrected chi connectivity index (χ4v) is 4.81. The van der Waals surface area contributed by atoms with E-state index in [9.17, 15) is 9.59 Å². The molecule has 1 aromatic carbocycles. The number of rotatable bonds is 6. The van der Waals surface area contributed by atoms with E-state index in [0.29, 0.717) is 17.4 Å². The molecule has 0 unspecified atom stereocenters. The second-order valence-electron chi connectivity index (χ2n) is 8.80. The highest BCUT2D eigenvalue weighted by atomic mass is 16.5. The highest BCUT2D eigenvalue weighted by Gasteiger charge is 2.30. The van der Waals surface area contributed by atoms with Gasteiger partial charge in [0, 0.05) is 37.9 Å². The highest BCUT2D eigenvalue weighted by Crippen LogP contribution is 2.29. The molecule has 2 amide bonds. The Kier molecular flexibility index (Phi) is 6.59. The van der Waals surface area contributed by atoms with E-state index in [1.165, 1.54) is 12.8 Å². The molecule has 2 heterocycles. The van der Waals surface area contributed by atoms with Gasteiger partial charge in [0.05, 0.1) is 18.4 Å². The summed E-state index contributed by atoms with van der Waals surface area (Å²) < 4.78 is 6.87. The molecule has 0 atom stereocenters. The summed E-state index contributed by atoms with van der Waals surface area (Å²) in [5.74, 6) is 1.64. The fourth-order valence-electron chi connectivity index (χ4n) is 4.81. The van der Waals surface area contributed by atoms with Crippen molar-refractivity contribution < 1.29 is 14.3 Å². The zero-order valence-corrected chi connectivity index (χ0v) is 18.5. The van der Waals surface area contributed by atoms with Crippen molar-refractivity contribution in [3.8, 4) is 5.75 Å². The topological polar surface area (TPSA) is 76.5 Å². The number of carbonyl (C=O) groups is 2. The van der Waals surface area contributed by atoms with Crippen LogP contribution in [0.2, 0.25) is 0 Å². The van der Waals surface area contributed by atoms with Gasteiger partial charge in [-0.05, 0) is 62.3 Å². The van der Waals surface area contributed by atoms with E-state index in [1.54, 1.807) is 18.0 Å². The normalized spacial score (nSPS) is 17.7. The Balaban J connectivity index is 1.35. The number of amides is 2. The summed E-state index contributed by atoms with van der Waals surface area (Å²) in [7, 11) is 3.46. The number of nitrogens with one attached hydrogen (secondary N) is 1. The first-order chi connectivity index (χ1) is 15.0. The summed E-state index contributed by atoms with van der Waals surface area (Å²) in [4.78, 5) is 27.6. The Bertz CT molecular complexity index is 907. The molecule has 1 saturated heterocycles. The number of benzene rings is 1. The summed E-state index contributed by atoms with van der Waals surface area (Å²) >= 11 is 0. The Hall–Kier alpha value is -2.83. The first kappa shape index (κ1) is 21.4. The molecule has 0 radical (unpaired) electrons. The van der Waals surface area contributed by atoms with Gasteiger partial charge in [-0.3, -0.25) is 14.3 Å². The van der Waals surface area contributed by atoms with Crippen molar-refractivity contribution in [2.75, 3.05) is 25.5 Å². The van der Waals surface area contributed by atoms with Crippen LogP contribution in [0.1, 0.15) is 54.6 Å². The number of piperidine rings is 1. The predicted molar refractivity (Wildman–Crippen MR) is 119 cm³/mol. The maximum Gasteiger partial charge on any atom is 0.259 e. The third-order valence-corrected chi connectivity index (χ3v) is 6.61. The summed E-state index contributed by atoms with van der Waals surface area (Å²) in [6, 6.07) is 7.29. The molecule has 1 aromatic heterocycles. The molecule has 7 nitrogen and oxygen atoms in total. The zero-order valence-electron chi connectivity index (χ0n) is 18.5. The Morgan fingerprint density at radius 3 is 2.42 bits per heavy atom. The zero-order chi connectivity index (χ0) is 21.8. The largest absolute Gasteiger partial charge is 0.497 e. The van der Waals surface area contributed by atoms with Crippen molar-refractivity contribution in [3.63, 3.8) is 0 Å². The molecule has 166 valence electrons. The number of nitrogens with zero attached hydrogens (tertiary/aromatic N) is 3. The van der Waals surface area contributed by atoms with Gasteiger partial charge in [0.25, 0.3) is 5.91 Å². The molecule has 1 N–H and O–H groups in total. The van der Waals surface area contributed by atoms with Crippen LogP contribution in [-0.2, 0) is 18.3 Å².